The summed E-state index contributed by atoms with van der Waals surface area (Å²) >= 11 is 0. The van der Waals surface area contributed by atoms with E-state index in [2.05, 4.69) is 19.2 Å². The molecule has 18 heavy (non-hydrogen) atoms. The molecular weight excluding hydrogens is 224 g/mol. The average molecular weight is 248 g/mol. The van der Waals surface area contributed by atoms with Gasteiger partial charge >= 0.3 is 0 Å². The van der Waals surface area contributed by atoms with E-state index in [1.165, 1.54) is 19.3 Å². The van der Waals surface area contributed by atoms with E-state index in [0.29, 0.717) is 12.1 Å². The molecule has 1 atom stereocenters. The molecule has 0 spiro atoms. The molecule has 1 aromatic rings. The highest BCUT2D eigenvalue weighted by atomic mass is 16.1. The van der Waals surface area contributed by atoms with Crippen molar-refractivity contribution in [1.29, 1.82) is 0 Å². The lowest BCUT2D eigenvalue weighted by molar-refractivity contribution is 0.0938. The fourth-order valence-corrected chi connectivity index (χ4v) is 1.92. The Balaban J connectivity index is 2.48. The first-order valence-electron chi connectivity index (χ1n) is 6.77. The minimum Gasteiger partial charge on any atom is -0.350 e. The van der Waals surface area contributed by atoms with Crippen LogP contribution in [-0.4, -0.2) is 11.9 Å². The van der Waals surface area contributed by atoms with Crippen LogP contribution in [0.3, 0.4) is 0 Å². The van der Waals surface area contributed by atoms with Crippen molar-refractivity contribution in [2.75, 3.05) is 0 Å². The van der Waals surface area contributed by atoms with Gasteiger partial charge in [0, 0.05) is 18.2 Å². The van der Waals surface area contributed by atoms with Crippen LogP contribution in [0.4, 0.5) is 0 Å². The van der Waals surface area contributed by atoms with Crippen LogP contribution in [0.2, 0.25) is 0 Å². The molecule has 0 bridgehead atoms. The Kier molecular flexibility index (Phi) is 6.44. The highest BCUT2D eigenvalue weighted by molar-refractivity contribution is 5.94. The van der Waals surface area contributed by atoms with Crippen LogP contribution in [0, 0.1) is 0 Å². The fraction of sp³-hybridized carbons (Fsp3) is 0.533. The maximum atomic E-state index is 12.0. The number of nitrogens with one attached hydrogen (secondary N) is 1. The minimum absolute atomic E-state index is 0.00528. The zero-order valence-corrected chi connectivity index (χ0v) is 11.4. The van der Waals surface area contributed by atoms with E-state index >= 15 is 0 Å². The number of benzene rings is 1. The molecule has 1 amide bonds. The van der Waals surface area contributed by atoms with Crippen LogP contribution in [0.1, 0.15) is 55.5 Å². The molecule has 0 saturated heterocycles. The first-order valence-corrected chi connectivity index (χ1v) is 6.77. The van der Waals surface area contributed by atoms with Gasteiger partial charge in [-0.25, -0.2) is 0 Å². The van der Waals surface area contributed by atoms with Gasteiger partial charge in [0.05, 0.1) is 0 Å². The van der Waals surface area contributed by atoms with Crippen molar-refractivity contribution in [3.05, 3.63) is 35.4 Å². The Morgan fingerprint density at radius 2 is 2.17 bits per heavy atom. The average Bonchev–Trinajstić information content (AvgIpc) is 2.39. The van der Waals surface area contributed by atoms with Crippen molar-refractivity contribution in [1.82, 2.24) is 5.32 Å². The Morgan fingerprint density at radius 1 is 1.39 bits per heavy atom. The van der Waals surface area contributed by atoms with Gasteiger partial charge in [0.2, 0.25) is 0 Å². The molecule has 3 N–H and O–H groups in total. The second-order valence-corrected chi connectivity index (χ2v) is 4.77. The topological polar surface area (TPSA) is 55.1 Å². The molecule has 1 aromatic carbocycles. The Hall–Kier alpha value is -1.35. The number of hydrogen-bond acceptors (Lipinski definition) is 2. The van der Waals surface area contributed by atoms with Crippen LogP contribution in [0.15, 0.2) is 24.3 Å². The second-order valence-electron chi connectivity index (χ2n) is 4.77. The molecule has 0 aliphatic rings. The molecule has 1 unspecified atom stereocenters. The highest BCUT2D eigenvalue weighted by Gasteiger charge is 2.09. The maximum absolute atomic E-state index is 12.0. The third kappa shape index (κ3) is 4.88. The third-order valence-electron chi connectivity index (χ3n) is 3.04. The zero-order valence-electron chi connectivity index (χ0n) is 11.4. The maximum Gasteiger partial charge on any atom is 0.251 e. The van der Waals surface area contributed by atoms with Gasteiger partial charge < -0.3 is 11.1 Å². The zero-order chi connectivity index (χ0) is 13.4. The lowest BCUT2D eigenvalue weighted by Gasteiger charge is -2.14. The summed E-state index contributed by atoms with van der Waals surface area (Å²) in [6, 6.07) is 7.72. The first-order chi connectivity index (χ1) is 8.67. The number of hydrogen-bond donors (Lipinski definition) is 2. The van der Waals surface area contributed by atoms with Gasteiger partial charge in [0.1, 0.15) is 0 Å². The van der Waals surface area contributed by atoms with Crippen LogP contribution in [-0.2, 0) is 6.54 Å². The van der Waals surface area contributed by atoms with E-state index in [4.69, 9.17) is 5.73 Å². The van der Waals surface area contributed by atoms with Crippen molar-refractivity contribution < 1.29 is 4.79 Å². The molecule has 1 rings (SSSR count). The van der Waals surface area contributed by atoms with Crippen molar-refractivity contribution >= 4 is 5.91 Å². The smallest absolute Gasteiger partial charge is 0.251 e. The minimum atomic E-state index is -0.00528. The van der Waals surface area contributed by atoms with Crippen molar-refractivity contribution in [3.63, 3.8) is 0 Å². The summed E-state index contributed by atoms with van der Waals surface area (Å²) in [4.78, 5) is 12.0. The lowest BCUT2D eigenvalue weighted by atomic mass is 10.1. The summed E-state index contributed by atoms with van der Waals surface area (Å²) in [5, 5.41) is 3.03. The van der Waals surface area contributed by atoms with Gasteiger partial charge in [-0.1, -0.05) is 38.3 Å². The van der Waals surface area contributed by atoms with E-state index in [9.17, 15) is 4.79 Å². The number of rotatable bonds is 7. The third-order valence-corrected chi connectivity index (χ3v) is 3.04. The van der Waals surface area contributed by atoms with Gasteiger partial charge in [-0.15, -0.1) is 0 Å². The molecule has 3 nitrogen and oxygen atoms in total. The molecule has 0 aromatic heterocycles. The normalized spacial score (nSPS) is 12.2. The van der Waals surface area contributed by atoms with E-state index in [0.717, 1.165) is 12.0 Å². The summed E-state index contributed by atoms with van der Waals surface area (Å²) in [7, 11) is 0. The molecule has 100 valence electrons. The summed E-state index contributed by atoms with van der Waals surface area (Å²) in [5.74, 6) is -0.00528. The number of carbonyl (C=O) groups excluding carboxylic acids is 1. The van der Waals surface area contributed by atoms with Crippen molar-refractivity contribution in [2.24, 2.45) is 5.73 Å². The van der Waals surface area contributed by atoms with Crippen molar-refractivity contribution in [3.8, 4) is 0 Å². The van der Waals surface area contributed by atoms with E-state index in [1.54, 1.807) is 0 Å². The Bertz CT molecular complexity index is 377. The molecule has 0 aliphatic carbocycles. The van der Waals surface area contributed by atoms with E-state index in [-0.39, 0.29) is 11.9 Å². The molecule has 0 heterocycles. The Labute approximate surface area is 110 Å². The highest BCUT2D eigenvalue weighted by Crippen LogP contribution is 2.07. The monoisotopic (exact) mass is 248 g/mol. The number of unbranched alkanes of at least 4 members (excludes halogenated alkanes) is 2. The van der Waals surface area contributed by atoms with Gasteiger partial charge in [-0.2, -0.15) is 0 Å². The summed E-state index contributed by atoms with van der Waals surface area (Å²) in [6.07, 6.45) is 4.64. The van der Waals surface area contributed by atoms with Crippen LogP contribution < -0.4 is 11.1 Å². The largest absolute Gasteiger partial charge is 0.350 e. The number of carbonyl (C=O) groups is 1. The molecule has 0 radical (unpaired) electrons. The van der Waals surface area contributed by atoms with Crippen molar-refractivity contribution in [2.45, 2.75) is 52.1 Å². The number of nitrogens with two attached hydrogens (primary N) is 1. The van der Waals surface area contributed by atoms with Gasteiger partial charge in [0.25, 0.3) is 5.91 Å². The van der Waals surface area contributed by atoms with Gasteiger partial charge in [0.15, 0.2) is 0 Å². The standard InChI is InChI=1S/C15H24N2O/c1-3-4-5-7-12(2)17-15(18)14-9-6-8-13(10-14)11-16/h6,8-10,12H,3-5,7,11,16H2,1-2H3,(H,17,18). The predicted molar refractivity (Wildman–Crippen MR) is 75.4 cm³/mol. The molecule has 0 saturated carbocycles. The molecule has 0 fully saturated rings. The SMILES string of the molecule is CCCCCC(C)NC(=O)c1cccc(CN)c1. The number of amides is 1. The lowest BCUT2D eigenvalue weighted by Crippen LogP contribution is -2.32. The summed E-state index contributed by atoms with van der Waals surface area (Å²) < 4.78 is 0. The van der Waals surface area contributed by atoms with Crippen LogP contribution >= 0.6 is 0 Å². The van der Waals surface area contributed by atoms with Crippen LogP contribution in [0.5, 0.6) is 0 Å². The molecular formula is C15H24N2O. The fourth-order valence-electron chi connectivity index (χ4n) is 1.92. The van der Waals surface area contributed by atoms with E-state index < -0.39 is 0 Å². The first kappa shape index (κ1) is 14.7. The van der Waals surface area contributed by atoms with Gasteiger partial charge in [-0.05, 0) is 31.0 Å². The summed E-state index contributed by atoms with van der Waals surface area (Å²) in [5.41, 5.74) is 7.25. The second kappa shape index (κ2) is 7.88. The van der Waals surface area contributed by atoms with E-state index in [1.807, 2.05) is 24.3 Å². The summed E-state index contributed by atoms with van der Waals surface area (Å²) in [6.45, 7) is 4.70. The Morgan fingerprint density at radius 3 is 2.83 bits per heavy atom. The quantitative estimate of drug-likeness (QED) is 0.729. The molecule has 3 heteroatoms. The molecule has 0 aliphatic heterocycles. The van der Waals surface area contributed by atoms with Crippen LogP contribution in [0.25, 0.3) is 0 Å². The van der Waals surface area contributed by atoms with Gasteiger partial charge in [-0.3, -0.25) is 4.79 Å². The predicted octanol–water partition coefficient (Wildman–Crippen LogP) is 2.84.